The predicted octanol–water partition coefficient (Wildman–Crippen LogP) is 5.47. The third-order valence-electron chi connectivity index (χ3n) is 9.70. The van der Waals surface area contributed by atoms with Gasteiger partial charge in [-0.25, -0.2) is 8.78 Å². The molecule has 2 aliphatic carbocycles. The van der Waals surface area contributed by atoms with Gasteiger partial charge in [-0.2, -0.15) is 0 Å². The Labute approximate surface area is 260 Å². The van der Waals surface area contributed by atoms with E-state index in [1.807, 2.05) is 13.0 Å². The second-order valence-corrected chi connectivity index (χ2v) is 13.1. The first-order valence-electron chi connectivity index (χ1n) is 15.0. The second kappa shape index (κ2) is 11.4. The Hall–Kier alpha value is -3.08. The third-order valence-corrected chi connectivity index (χ3v) is 10.1. The Bertz CT molecular complexity index is 1610. The Balaban J connectivity index is 1.52. The Morgan fingerprint density at radius 1 is 1.09 bits per heavy atom. The van der Waals surface area contributed by atoms with Crippen molar-refractivity contribution in [3.63, 3.8) is 0 Å². The van der Waals surface area contributed by atoms with Crippen molar-refractivity contribution in [2.24, 2.45) is 5.92 Å². The van der Waals surface area contributed by atoms with E-state index in [0.29, 0.717) is 43.2 Å². The van der Waals surface area contributed by atoms with Gasteiger partial charge in [0.05, 0.1) is 22.3 Å². The van der Waals surface area contributed by atoms with Crippen LogP contribution in [0.25, 0.3) is 11.1 Å². The number of carbonyl (C=O) groups is 1. The smallest absolute Gasteiger partial charge is 0.251 e. The van der Waals surface area contributed by atoms with Gasteiger partial charge in [0.1, 0.15) is 23.5 Å². The van der Waals surface area contributed by atoms with Crippen molar-refractivity contribution >= 4 is 17.5 Å². The molecule has 10 heteroatoms. The summed E-state index contributed by atoms with van der Waals surface area (Å²) in [6.45, 7) is 3.71. The number of halogens is 3. The van der Waals surface area contributed by atoms with Gasteiger partial charge in [0, 0.05) is 48.0 Å². The summed E-state index contributed by atoms with van der Waals surface area (Å²) in [4.78, 5) is 13.2. The fourth-order valence-electron chi connectivity index (χ4n) is 7.12. The number of benzene rings is 3. The molecule has 5 N–H and O–H groups in total. The monoisotopic (exact) mass is 626 g/mol. The van der Waals surface area contributed by atoms with Crippen LogP contribution in [-0.4, -0.2) is 46.5 Å². The highest BCUT2D eigenvalue weighted by Crippen LogP contribution is 2.56. The topological polar surface area (TPSA) is 111 Å². The molecule has 0 bridgehead atoms. The SMILES string of the molecule is CNC(=O)c1cc2c(c(F)c1-c1c(Cl)c(F)cc3c1[C@H](O)[C@@](CNC1CCC(C)(O)CC1)(c1ccccc1)O3)C(O)C(C)C2. The number of nitrogens with one attached hydrogen (secondary N) is 2. The molecule has 3 aliphatic rings. The van der Waals surface area contributed by atoms with Gasteiger partial charge in [-0.05, 0) is 62.1 Å². The van der Waals surface area contributed by atoms with Crippen LogP contribution in [0.1, 0.15) is 84.4 Å². The summed E-state index contributed by atoms with van der Waals surface area (Å²) in [6.07, 6.45) is 0.419. The van der Waals surface area contributed by atoms with E-state index in [4.69, 9.17) is 16.3 Å². The lowest BCUT2D eigenvalue weighted by Gasteiger charge is -2.38. The summed E-state index contributed by atoms with van der Waals surface area (Å²) in [5, 5.41) is 39.1. The normalized spacial score (nSPS) is 29.2. The average molecular weight is 627 g/mol. The molecule has 1 fully saturated rings. The standard InChI is InChI=1S/C34H37ClF2N2O5/c1-17-13-18-14-21(32(42)38-3)25(29(37)24(18)30(17)40)27-26-23(15-22(36)28(27)35)44-34(31(26)41,19-7-5-4-6-8-19)16-39-20-9-11-33(2,43)12-10-20/h4-8,14-15,17,20,30-31,39-41,43H,9-13,16H2,1-3H3,(H,38,42)/t17?,20?,30?,31-,33?,34+/m0/s1. The van der Waals surface area contributed by atoms with Gasteiger partial charge in [0.15, 0.2) is 5.60 Å². The van der Waals surface area contributed by atoms with Crippen LogP contribution in [0.5, 0.6) is 5.75 Å². The fourth-order valence-corrected chi connectivity index (χ4v) is 7.37. The van der Waals surface area contributed by atoms with E-state index in [1.54, 1.807) is 31.2 Å². The molecule has 1 amide bonds. The summed E-state index contributed by atoms with van der Waals surface area (Å²) in [5.41, 5.74) is -1.58. The lowest BCUT2D eigenvalue weighted by Crippen LogP contribution is -2.49. The van der Waals surface area contributed by atoms with Gasteiger partial charge in [-0.15, -0.1) is 0 Å². The number of carbonyl (C=O) groups excluding carboxylic acids is 1. The molecule has 3 aromatic carbocycles. The van der Waals surface area contributed by atoms with Gasteiger partial charge in [-0.3, -0.25) is 4.79 Å². The molecule has 2 unspecified atom stereocenters. The Morgan fingerprint density at radius 3 is 2.43 bits per heavy atom. The van der Waals surface area contributed by atoms with Gasteiger partial charge in [0.25, 0.3) is 5.91 Å². The molecule has 7 nitrogen and oxygen atoms in total. The van der Waals surface area contributed by atoms with Crippen LogP contribution >= 0.6 is 11.6 Å². The van der Waals surface area contributed by atoms with Crippen LogP contribution < -0.4 is 15.4 Å². The minimum absolute atomic E-state index is 0.0247. The Morgan fingerprint density at radius 2 is 1.77 bits per heavy atom. The van der Waals surface area contributed by atoms with Gasteiger partial charge in [-0.1, -0.05) is 48.9 Å². The molecular weight excluding hydrogens is 590 g/mol. The first kappa shape index (κ1) is 30.9. The van der Waals surface area contributed by atoms with E-state index in [9.17, 15) is 20.1 Å². The van der Waals surface area contributed by atoms with E-state index >= 15 is 8.78 Å². The summed E-state index contributed by atoms with van der Waals surface area (Å²) < 4.78 is 38.7. The predicted molar refractivity (Wildman–Crippen MR) is 163 cm³/mol. The lowest BCUT2D eigenvalue weighted by atomic mass is 9.81. The van der Waals surface area contributed by atoms with Gasteiger partial charge in [0.2, 0.25) is 0 Å². The summed E-state index contributed by atoms with van der Waals surface area (Å²) in [7, 11) is 1.40. The number of rotatable bonds is 6. The molecule has 0 saturated heterocycles. The zero-order valence-corrected chi connectivity index (χ0v) is 25.6. The first-order valence-corrected chi connectivity index (χ1v) is 15.4. The molecule has 3 aromatic rings. The zero-order chi connectivity index (χ0) is 31.6. The quantitative estimate of drug-likeness (QED) is 0.248. The third kappa shape index (κ3) is 4.99. The van der Waals surface area contributed by atoms with E-state index in [2.05, 4.69) is 10.6 Å². The molecule has 234 valence electrons. The second-order valence-electron chi connectivity index (χ2n) is 12.8. The highest BCUT2D eigenvalue weighted by Gasteiger charge is 2.52. The summed E-state index contributed by atoms with van der Waals surface area (Å²) in [6, 6.07) is 11.6. The molecule has 1 heterocycles. The highest BCUT2D eigenvalue weighted by atomic mass is 35.5. The molecular formula is C34H37ClF2N2O5. The summed E-state index contributed by atoms with van der Waals surface area (Å²) >= 11 is 6.61. The van der Waals surface area contributed by atoms with E-state index in [1.165, 1.54) is 13.1 Å². The van der Waals surface area contributed by atoms with E-state index < -0.39 is 46.0 Å². The van der Waals surface area contributed by atoms with Crippen LogP contribution in [0.3, 0.4) is 0 Å². The van der Waals surface area contributed by atoms with Gasteiger partial charge < -0.3 is 30.7 Å². The molecule has 6 rings (SSSR count). The lowest BCUT2D eigenvalue weighted by molar-refractivity contribution is -0.0375. The van der Waals surface area contributed by atoms with Gasteiger partial charge >= 0.3 is 0 Å². The van der Waals surface area contributed by atoms with Crippen LogP contribution in [0.4, 0.5) is 8.78 Å². The maximum absolute atomic E-state index is 16.6. The van der Waals surface area contributed by atoms with Crippen molar-refractivity contribution in [1.82, 2.24) is 10.6 Å². The fraction of sp³-hybridized carbons (Fsp3) is 0.441. The van der Waals surface area contributed by atoms with Crippen molar-refractivity contribution < 1.29 is 33.6 Å². The Kier molecular flexibility index (Phi) is 7.99. The molecule has 0 spiro atoms. The van der Waals surface area contributed by atoms with Crippen molar-refractivity contribution in [1.29, 1.82) is 0 Å². The maximum Gasteiger partial charge on any atom is 0.251 e. The van der Waals surface area contributed by atoms with E-state index in [-0.39, 0.29) is 52.1 Å². The number of ether oxygens (including phenoxy) is 1. The number of amides is 1. The van der Waals surface area contributed by atoms with Crippen molar-refractivity contribution in [2.75, 3.05) is 13.6 Å². The largest absolute Gasteiger partial charge is 0.478 e. The van der Waals surface area contributed by atoms with Crippen molar-refractivity contribution in [3.05, 3.63) is 86.9 Å². The van der Waals surface area contributed by atoms with E-state index in [0.717, 1.165) is 6.07 Å². The molecule has 0 aromatic heterocycles. The van der Waals surface area contributed by atoms with Crippen molar-refractivity contribution in [2.45, 2.75) is 75.4 Å². The van der Waals surface area contributed by atoms with Crippen LogP contribution in [0, 0.1) is 17.6 Å². The molecule has 1 aliphatic heterocycles. The summed E-state index contributed by atoms with van der Waals surface area (Å²) in [5.74, 6) is -2.74. The number of hydrogen-bond donors (Lipinski definition) is 5. The zero-order valence-electron chi connectivity index (χ0n) is 24.9. The number of hydrogen-bond acceptors (Lipinski definition) is 6. The average Bonchev–Trinajstić information content (AvgIpc) is 3.45. The van der Waals surface area contributed by atoms with Crippen molar-refractivity contribution in [3.8, 4) is 16.9 Å². The molecule has 0 radical (unpaired) electrons. The maximum atomic E-state index is 16.6. The van der Waals surface area contributed by atoms with Crippen LogP contribution in [-0.2, 0) is 12.0 Å². The highest BCUT2D eigenvalue weighted by molar-refractivity contribution is 6.34. The first-order chi connectivity index (χ1) is 20.9. The van der Waals surface area contributed by atoms with Crippen LogP contribution in [0.2, 0.25) is 5.02 Å². The number of aliphatic hydroxyl groups is 3. The molecule has 4 atom stereocenters. The molecule has 44 heavy (non-hydrogen) atoms. The minimum atomic E-state index is -1.46. The van der Waals surface area contributed by atoms with Crippen LogP contribution in [0.15, 0.2) is 42.5 Å². The minimum Gasteiger partial charge on any atom is -0.478 e. The number of aliphatic hydroxyl groups excluding tert-OH is 2. The molecule has 1 saturated carbocycles. The number of fused-ring (bicyclic) bond motifs is 2.